The van der Waals surface area contributed by atoms with Crippen LogP contribution in [-0.2, 0) is 0 Å². The minimum absolute atomic E-state index is 0.291. The summed E-state index contributed by atoms with van der Waals surface area (Å²) < 4.78 is 0. The normalized spacial score (nSPS) is 32.0. The Balaban J connectivity index is 1.76. The van der Waals surface area contributed by atoms with Crippen molar-refractivity contribution >= 4 is 0 Å². The topological polar surface area (TPSA) is 26.7 Å². The average molecular weight is 274 g/mol. The SMILES string of the molecule is CCN1CCN(C2CC(C)c3ccccc3C2O)CC1. The first-order valence-corrected chi connectivity index (χ1v) is 7.94. The summed E-state index contributed by atoms with van der Waals surface area (Å²) in [6.45, 7) is 10.1. The molecule has 1 heterocycles. The molecule has 1 N–H and O–H groups in total. The minimum Gasteiger partial charge on any atom is -0.387 e. The molecule has 1 aromatic carbocycles. The second-order valence-electron chi connectivity index (χ2n) is 6.25. The van der Waals surface area contributed by atoms with E-state index in [1.54, 1.807) is 0 Å². The number of benzene rings is 1. The van der Waals surface area contributed by atoms with Gasteiger partial charge in [-0.05, 0) is 30.0 Å². The Morgan fingerprint density at radius 3 is 2.40 bits per heavy atom. The first-order chi connectivity index (χ1) is 9.70. The first-order valence-electron chi connectivity index (χ1n) is 7.94. The standard InChI is InChI=1S/C17H26N2O/c1-3-18-8-10-19(11-9-18)16-12-13(2)14-6-4-5-7-15(14)17(16)20/h4-7,13,16-17,20H,3,8-12H2,1-2H3. The van der Waals surface area contributed by atoms with Gasteiger partial charge in [-0.2, -0.15) is 0 Å². The average Bonchev–Trinajstić information content (AvgIpc) is 2.51. The molecule has 0 aromatic heterocycles. The molecule has 0 radical (unpaired) electrons. The molecule has 0 bridgehead atoms. The Labute approximate surface area is 122 Å². The molecule has 3 rings (SSSR count). The molecule has 3 heteroatoms. The van der Waals surface area contributed by atoms with Crippen molar-refractivity contribution in [1.29, 1.82) is 0 Å². The Kier molecular flexibility index (Phi) is 4.11. The molecule has 110 valence electrons. The number of hydrogen-bond donors (Lipinski definition) is 1. The highest BCUT2D eigenvalue weighted by atomic mass is 16.3. The predicted octanol–water partition coefficient (Wildman–Crippen LogP) is 2.23. The van der Waals surface area contributed by atoms with Crippen LogP contribution in [0.4, 0.5) is 0 Å². The molecule has 1 saturated heterocycles. The Morgan fingerprint density at radius 1 is 1.10 bits per heavy atom. The molecule has 1 aliphatic heterocycles. The van der Waals surface area contributed by atoms with E-state index in [-0.39, 0.29) is 6.10 Å². The summed E-state index contributed by atoms with van der Waals surface area (Å²) in [5, 5.41) is 10.8. The molecule has 1 aliphatic carbocycles. The molecule has 3 unspecified atom stereocenters. The van der Waals surface area contributed by atoms with Crippen molar-refractivity contribution in [2.24, 2.45) is 0 Å². The fourth-order valence-electron chi connectivity index (χ4n) is 3.81. The zero-order valence-corrected chi connectivity index (χ0v) is 12.6. The molecule has 1 aromatic rings. The molecule has 2 aliphatic rings. The Morgan fingerprint density at radius 2 is 1.75 bits per heavy atom. The van der Waals surface area contributed by atoms with E-state index >= 15 is 0 Å². The van der Waals surface area contributed by atoms with Gasteiger partial charge in [0.1, 0.15) is 0 Å². The highest BCUT2D eigenvalue weighted by Gasteiger charge is 2.36. The summed E-state index contributed by atoms with van der Waals surface area (Å²) in [5.74, 6) is 0.545. The molecule has 0 amide bonds. The number of aliphatic hydroxyl groups is 1. The molecule has 3 atom stereocenters. The van der Waals surface area contributed by atoms with Gasteiger partial charge < -0.3 is 10.0 Å². The smallest absolute Gasteiger partial charge is 0.0948 e. The van der Waals surface area contributed by atoms with Crippen LogP contribution in [0.2, 0.25) is 0 Å². The Bertz CT molecular complexity index is 454. The van der Waals surface area contributed by atoms with Crippen molar-refractivity contribution < 1.29 is 5.11 Å². The van der Waals surface area contributed by atoms with E-state index in [9.17, 15) is 5.11 Å². The molecule has 0 saturated carbocycles. The number of aliphatic hydroxyl groups excluding tert-OH is 1. The van der Waals surface area contributed by atoms with Gasteiger partial charge in [0.05, 0.1) is 6.10 Å². The van der Waals surface area contributed by atoms with Gasteiger partial charge in [0.25, 0.3) is 0 Å². The molecule has 0 spiro atoms. The van der Waals surface area contributed by atoms with Gasteiger partial charge in [-0.3, -0.25) is 4.90 Å². The van der Waals surface area contributed by atoms with E-state index in [0.717, 1.165) is 44.7 Å². The second-order valence-corrected chi connectivity index (χ2v) is 6.25. The highest BCUT2D eigenvalue weighted by Crippen LogP contribution is 2.39. The number of fused-ring (bicyclic) bond motifs is 1. The molecular formula is C17H26N2O. The minimum atomic E-state index is -0.324. The van der Waals surface area contributed by atoms with E-state index in [4.69, 9.17) is 0 Å². The van der Waals surface area contributed by atoms with Gasteiger partial charge in [0, 0.05) is 32.2 Å². The zero-order valence-electron chi connectivity index (χ0n) is 12.6. The van der Waals surface area contributed by atoms with Gasteiger partial charge in [-0.1, -0.05) is 38.1 Å². The monoisotopic (exact) mass is 274 g/mol. The van der Waals surface area contributed by atoms with Crippen molar-refractivity contribution in [1.82, 2.24) is 9.80 Å². The second kappa shape index (κ2) is 5.84. The van der Waals surface area contributed by atoms with Crippen LogP contribution in [0.25, 0.3) is 0 Å². The van der Waals surface area contributed by atoms with E-state index in [2.05, 4.69) is 41.8 Å². The van der Waals surface area contributed by atoms with Crippen LogP contribution in [0.15, 0.2) is 24.3 Å². The van der Waals surface area contributed by atoms with Crippen LogP contribution in [0.3, 0.4) is 0 Å². The molecular weight excluding hydrogens is 248 g/mol. The lowest BCUT2D eigenvalue weighted by Crippen LogP contribution is -2.53. The summed E-state index contributed by atoms with van der Waals surface area (Å²) in [7, 11) is 0. The molecule has 20 heavy (non-hydrogen) atoms. The van der Waals surface area contributed by atoms with Crippen molar-refractivity contribution in [3.8, 4) is 0 Å². The zero-order chi connectivity index (χ0) is 14.1. The third kappa shape index (κ3) is 2.50. The maximum atomic E-state index is 10.8. The maximum absolute atomic E-state index is 10.8. The molecule has 3 nitrogen and oxygen atoms in total. The fourth-order valence-corrected chi connectivity index (χ4v) is 3.81. The van der Waals surface area contributed by atoms with E-state index in [1.165, 1.54) is 5.56 Å². The fraction of sp³-hybridized carbons (Fsp3) is 0.647. The van der Waals surface area contributed by atoms with Gasteiger partial charge in [0.2, 0.25) is 0 Å². The summed E-state index contributed by atoms with van der Waals surface area (Å²) in [5.41, 5.74) is 2.48. The number of piperazine rings is 1. The van der Waals surface area contributed by atoms with Crippen LogP contribution < -0.4 is 0 Å². The number of hydrogen-bond acceptors (Lipinski definition) is 3. The number of rotatable bonds is 2. The summed E-state index contributed by atoms with van der Waals surface area (Å²) in [4.78, 5) is 4.99. The van der Waals surface area contributed by atoms with Gasteiger partial charge in [0.15, 0.2) is 0 Å². The lowest BCUT2D eigenvalue weighted by molar-refractivity contribution is 0.00548. The van der Waals surface area contributed by atoms with Crippen molar-refractivity contribution in [3.05, 3.63) is 35.4 Å². The summed E-state index contributed by atoms with van der Waals surface area (Å²) in [6, 6.07) is 8.70. The predicted molar refractivity (Wildman–Crippen MR) is 81.9 cm³/mol. The number of likely N-dealkylation sites (N-methyl/N-ethyl adjacent to an activating group) is 1. The van der Waals surface area contributed by atoms with Gasteiger partial charge in [-0.25, -0.2) is 0 Å². The highest BCUT2D eigenvalue weighted by molar-refractivity contribution is 5.35. The summed E-state index contributed by atoms with van der Waals surface area (Å²) in [6.07, 6.45) is 0.750. The van der Waals surface area contributed by atoms with Gasteiger partial charge in [-0.15, -0.1) is 0 Å². The van der Waals surface area contributed by atoms with Crippen LogP contribution in [0.1, 0.15) is 43.4 Å². The van der Waals surface area contributed by atoms with Gasteiger partial charge >= 0.3 is 0 Å². The van der Waals surface area contributed by atoms with Crippen molar-refractivity contribution in [2.75, 3.05) is 32.7 Å². The number of nitrogens with zero attached hydrogens (tertiary/aromatic N) is 2. The van der Waals surface area contributed by atoms with E-state index in [1.807, 2.05) is 6.07 Å². The lowest BCUT2D eigenvalue weighted by atomic mass is 9.78. The van der Waals surface area contributed by atoms with E-state index in [0.29, 0.717) is 12.0 Å². The van der Waals surface area contributed by atoms with E-state index < -0.39 is 0 Å². The summed E-state index contributed by atoms with van der Waals surface area (Å²) >= 11 is 0. The largest absolute Gasteiger partial charge is 0.387 e. The van der Waals surface area contributed by atoms with Crippen LogP contribution >= 0.6 is 0 Å². The quantitative estimate of drug-likeness (QED) is 0.896. The van der Waals surface area contributed by atoms with Crippen LogP contribution in [-0.4, -0.2) is 53.7 Å². The lowest BCUT2D eigenvalue weighted by Gasteiger charge is -2.44. The Hall–Kier alpha value is -0.900. The van der Waals surface area contributed by atoms with Crippen LogP contribution in [0.5, 0.6) is 0 Å². The third-order valence-corrected chi connectivity index (χ3v) is 5.13. The van der Waals surface area contributed by atoms with Crippen LogP contribution in [0, 0.1) is 0 Å². The maximum Gasteiger partial charge on any atom is 0.0948 e. The first kappa shape index (κ1) is 14.1. The molecule has 1 fully saturated rings. The van der Waals surface area contributed by atoms with Crippen molar-refractivity contribution in [2.45, 2.75) is 38.3 Å². The van der Waals surface area contributed by atoms with Crippen molar-refractivity contribution in [3.63, 3.8) is 0 Å². The third-order valence-electron chi connectivity index (χ3n) is 5.13.